The highest BCUT2D eigenvalue weighted by Crippen LogP contribution is 2.10. The summed E-state index contributed by atoms with van der Waals surface area (Å²) >= 11 is 0. The van der Waals surface area contributed by atoms with Gasteiger partial charge in [0.15, 0.2) is 0 Å². The summed E-state index contributed by atoms with van der Waals surface area (Å²) in [5, 5.41) is 3.41. The summed E-state index contributed by atoms with van der Waals surface area (Å²) in [6, 6.07) is 0.809. The maximum Gasteiger partial charge on any atom is 0.236 e. The van der Waals surface area contributed by atoms with Crippen LogP contribution in [-0.4, -0.2) is 61.0 Å². The second-order valence-electron chi connectivity index (χ2n) is 5.16. The molecule has 1 saturated heterocycles. The maximum atomic E-state index is 12.1. The summed E-state index contributed by atoms with van der Waals surface area (Å²) < 4.78 is 0. The molecular weight excluding hydrogens is 214 g/mol. The van der Waals surface area contributed by atoms with Crippen molar-refractivity contribution in [3.05, 3.63) is 0 Å². The van der Waals surface area contributed by atoms with Crippen LogP contribution in [0, 0.1) is 0 Å². The minimum atomic E-state index is 0.229. The fraction of sp³-hybridized carbons (Fsp3) is 0.923. The Hall–Kier alpha value is -0.610. The molecule has 0 saturated carbocycles. The predicted molar refractivity (Wildman–Crippen MR) is 71.0 cm³/mol. The third-order valence-electron chi connectivity index (χ3n) is 3.70. The van der Waals surface area contributed by atoms with Gasteiger partial charge in [-0.05, 0) is 39.8 Å². The van der Waals surface area contributed by atoms with Crippen molar-refractivity contribution in [1.82, 2.24) is 15.1 Å². The monoisotopic (exact) mass is 241 g/mol. The summed E-state index contributed by atoms with van der Waals surface area (Å²) in [6.45, 7) is 9.88. The Balaban J connectivity index is 2.47. The molecule has 0 aromatic rings. The third kappa shape index (κ3) is 4.28. The molecule has 1 N–H and O–H groups in total. The highest BCUT2D eigenvalue weighted by molar-refractivity contribution is 5.78. The van der Waals surface area contributed by atoms with Gasteiger partial charge in [-0.15, -0.1) is 0 Å². The lowest BCUT2D eigenvalue weighted by molar-refractivity contribution is -0.133. The summed E-state index contributed by atoms with van der Waals surface area (Å²) in [5.74, 6) is 0.229. The molecule has 4 heteroatoms. The molecule has 1 atom stereocenters. The average molecular weight is 241 g/mol. The van der Waals surface area contributed by atoms with E-state index in [9.17, 15) is 4.79 Å². The first-order chi connectivity index (χ1) is 8.06. The normalized spacial score (nSPS) is 20.9. The number of hydrogen-bond donors (Lipinski definition) is 1. The minimum absolute atomic E-state index is 0.229. The second kappa shape index (κ2) is 6.97. The van der Waals surface area contributed by atoms with Gasteiger partial charge in [0.05, 0.1) is 6.54 Å². The fourth-order valence-electron chi connectivity index (χ4n) is 2.22. The van der Waals surface area contributed by atoms with Crippen LogP contribution >= 0.6 is 0 Å². The van der Waals surface area contributed by atoms with Gasteiger partial charge in [0.25, 0.3) is 0 Å². The number of carbonyl (C=O) groups is 1. The topological polar surface area (TPSA) is 35.6 Å². The van der Waals surface area contributed by atoms with Crippen LogP contribution in [0.4, 0.5) is 0 Å². The molecule has 100 valence electrons. The van der Waals surface area contributed by atoms with Crippen molar-refractivity contribution >= 4 is 5.91 Å². The Morgan fingerprint density at radius 1 is 1.47 bits per heavy atom. The molecule has 0 bridgehead atoms. The van der Waals surface area contributed by atoms with E-state index in [2.05, 4.69) is 31.0 Å². The van der Waals surface area contributed by atoms with E-state index in [1.54, 1.807) is 0 Å². The molecule has 0 radical (unpaired) electrons. The lowest BCUT2D eigenvalue weighted by Gasteiger charge is -2.34. The Labute approximate surface area is 105 Å². The van der Waals surface area contributed by atoms with Crippen molar-refractivity contribution < 1.29 is 4.79 Å². The van der Waals surface area contributed by atoms with Gasteiger partial charge in [0.1, 0.15) is 0 Å². The zero-order chi connectivity index (χ0) is 12.8. The first-order valence-corrected chi connectivity index (χ1v) is 6.76. The van der Waals surface area contributed by atoms with Crippen molar-refractivity contribution in [3.8, 4) is 0 Å². The molecule has 1 unspecified atom stereocenters. The van der Waals surface area contributed by atoms with Gasteiger partial charge in [0, 0.05) is 25.7 Å². The molecule has 1 fully saturated rings. The lowest BCUT2D eigenvalue weighted by Crippen LogP contribution is -2.50. The standard InChI is InChI=1S/C13H27N3O/c1-5-16(12-7-6-8-14-9-12)10-13(17)15(4)11(2)3/h11-12,14H,5-10H2,1-4H3. The number of piperidine rings is 1. The van der Waals surface area contributed by atoms with Gasteiger partial charge in [-0.25, -0.2) is 0 Å². The van der Waals surface area contributed by atoms with Crippen LogP contribution in [-0.2, 0) is 4.79 Å². The minimum Gasteiger partial charge on any atom is -0.342 e. The third-order valence-corrected chi connectivity index (χ3v) is 3.70. The number of carbonyl (C=O) groups excluding carboxylic acids is 1. The number of likely N-dealkylation sites (N-methyl/N-ethyl adjacent to an activating group) is 2. The van der Waals surface area contributed by atoms with Crippen LogP contribution in [0.2, 0.25) is 0 Å². The zero-order valence-electron chi connectivity index (χ0n) is 11.7. The number of rotatable bonds is 5. The van der Waals surface area contributed by atoms with E-state index in [0.29, 0.717) is 12.6 Å². The van der Waals surface area contributed by atoms with Crippen LogP contribution < -0.4 is 5.32 Å². The lowest BCUT2D eigenvalue weighted by atomic mass is 10.1. The Bertz CT molecular complexity index is 237. The van der Waals surface area contributed by atoms with Crippen molar-refractivity contribution in [3.63, 3.8) is 0 Å². The maximum absolute atomic E-state index is 12.1. The van der Waals surface area contributed by atoms with Gasteiger partial charge in [-0.3, -0.25) is 9.69 Å². The van der Waals surface area contributed by atoms with E-state index in [-0.39, 0.29) is 11.9 Å². The van der Waals surface area contributed by atoms with Crippen LogP contribution in [0.1, 0.15) is 33.6 Å². The van der Waals surface area contributed by atoms with Crippen LogP contribution in [0.5, 0.6) is 0 Å². The van der Waals surface area contributed by atoms with E-state index in [0.717, 1.165) is 19.6 Å². The molecule has 0 aromatic carbocycles. The molecule has 1 heterocycles. The van der Waals surface area contributed by atoms with Crippen LogP contribution in [0.15, 0.2) is 0 Å². The van der Waals surface area contributed by atoms with Crippen molar-refractivity contribution in [2.75, 3.05) is 33.2 Å². The molecule has 1 rings (SSSR count). The highest BCUT2D eigenvalue weighted by Gasteiger charge is 2.23. The number of hydrogen-bond acceptors (Lipinski definition) is 3. The Morgan fingerprint density at radius 2 is 2.18 bits per heavy atom. The SMILES string of the molecule is CCN(CC(=O)N(C)C(C)C)C1CCCNC1. The van der Waals surface area contributed by atoms with Crippen LogP contribution in [0.25, 0.3) is 0 Å². The molecule has 0 spiro atoms. The smallest absolute Gasteiger partial charge is 0.236 e. The summed E-state index contributed by atoms with van der Waals surface area (Å²) in [4.78, 5) is 16.2. The zero-order valence-corrected chi connectivity index (χ0v) is 11.7. The van der Waals surface area contributed by atoms with Crippen molar-refractivity contribution in [2.45, 2.75) is 45.7 Å². The van der Waals surface area contributed by atoms with E-state index >= 15 is 0 Å². The molecule has 4 nitrogen and oxygen atoms in total. The molecular formula is C13H27N3O. The molecule has 1 aliphatic heterocycles. The first kappa shape index (κ1) is 14.5. The predicted octanol–water partition coefficient (Wildman–Crippen LogP) is 0.927. The van der Waals surface area contributed by atoms with E-state index in [4.69, 9.17) is 0 Å². The number of amides is 1. The quantitative estimate of drug-likeness (QED) is 0.778. The number of nitrogens with zero attached hydrogens (tertiary/aromatic N) is 2. The van der Waals surface area contributed by atoms with Gasteiger partial charge in [-0.1, -0.05) is 6.92 Å². The Kier molecular flexibility index (Phi) is 5.92. The second-order valence-corrected chi connectivity index (χ2v) is 5.16. The molecule has 1 aliphatic rings. The van der Waals surface area contributed by atoms with E-state index in [1.807, 2.05) is 11.9 Å². The van der Waals surface area contributed by atoms with Crippen molar-refractivity contribution in [1.29, 1.82) is 0 Å². The largest absolute Gasteiger partial charge is 0.342 e. The van der Waals surface area contributed by atoms with E-state index in [1.165, 1.54) is 12.8 Å². The Morgan fingerprint density at radius 3 is 2.65 bits per heavy atom. The van der Waals surface area contributed by atoms with Crippen molar-refractivity contribution in [2.24, 2.45) is 0 Å². The fourth-order valence-corrected chi connectivity index (χ4v) is 2.22. The highest BCUT2D eigenvalue weighted by atomic mass is 16.2. The van der Waals surface area contributed by atoms with Crippen LogP contribution in [0.3, 0.4) is 0 Å². The van der Waals surface area contributed by atoms with Gasteiger partial charge in [-0.2, -0.15) is 0 Å². The van der Waals surface area contributed by atoms with Gasteiger partial charge in [0.2, 0.25) is 5.91 Å². The molecule has 0 aliphatic carbocycles. The summed E-state index contributed by atoms with van der Waals surface area (Å²) in [5.41, 5.74) is 0. The molecule has 17 heavy (non-hydrogen) atoms. The molecule has 1 amide bonds. The average Bonchev–Trinajstić information content (AvgIpc) is 2.35. The van der Waals surface area contributed by atoms with Gasteiger partial charge >= 0.3 is 0 Å². The number of nitrogens with one attached hydrogen (secondary N) is 1. The van der Waals surface area contributed by atoms with E-state index < -0.39 is 0 Å². The summed E-state index contributed by atoms with van der Waals surface area (Å²) in [6.07, 6.45) is 2.43. The summed E-state index contributed by atoms with van der Waals surface area (Å²) in [7, 11) is 1.89. The molecule has 0 aromatic heterocycles. The van der Waals surface area contributed by atoms with Gasteiger partial charge < -0.3 is 10.2 Å². The first-order valence-electron chi connectivity index (χ1n) is 6.76.